The predicted molar refractivity (Wildman–Crippen MR) is 54.9 cm³/mol. The number of nitrogens with zero attached hydrogens (tertiary/aromatic N) is 1. The number of nitro benzene ring substituents is 1. The lowest BCUT2D eigenvalue weighted by molar-refractivity contribution is -0.386. The highest BCUT2D eigenvalue weighted by Gasteiger charge is 2.20. The van der Waals surface area contributed by atoms with Gasteiger partial charge in [0.25, 0.3) is 0 Å². The molecule has 1 heterocycles. The smallest absolute Gasteiger partial charge is 0.314 e. The van der Waals surface area contributed by atoms with Crippen molar-refractivity contribution in [3.8, 4) is 5.75 Å². The topological polar surface area (TPSA) is 63.4 Å². The lowest BCUT2D eigenvalue weighted by Gasteiger charge is -2.00. The van der Waals surface area contributed by atoms with Crippen LogP contribution in [-0.2, 0) is 0 Å². The van der Waals surface area contributed by atoms with Crippen molar-refractivity contribution in [2.75, 3.05) is 0 Å². The zero-order valence-corrected chi connectivity index (χ0v) is 8.17. The molecule has 1 aromatic carbocycles. The summed E-state index contributed by atoms with van der Waals surface area (Å²) in [6, 6.07) is 3.40. The van der Waals surface area contributed by atoms with Crippen molar-refractivity contribution in [2.45, 2.75) is 6.92 Å². The molecular weight excluding hydrogens is 202 g/mol. The second-order valence-corrected chi connectivity index (χ2v) is 3.93. The van der Waals surface area contributed by atoms with Crippen molar-refractivity contribution in [3.63, 3.8) is 0 Å². The highest BCUT2D eigenvalue weighted by atomic mass is 32.1. The third-order valence-corrected chi connectivity index (χ3v) is 2.94. The van der Waals surface area contributed by atoms with Gasteiger partial charge >= 0.3 is 5.69 Å². The molecule has 2 aromatic rings. The van der Waals surface area contributed by atoms with E-state index < -0.39 is 4.92 Å². The van der Waals surface area contributed by atoms with Crippen LogP contribution in [0.5, 0.6) is 5.75 Å². The minimum absolute atomic E-state index is 0.198. The number of hydrogen-bond acceptors (Lipinski definition) is 4. The molecule has 1 N–H and O–H groups in total. The van der Waals surface area contributed by atoms with E-state index in [1.807, 2.05) is 0 Å². The van der Waals surface area contributed by atoms with Gasteiger partial charge in [0.1, 0.15) is 0 Å². The lowest BCUT2D eigenvalue weighted by atomic mass is 10.1. The third-order valence-electron chi connectivity index (χ3n) is 2.08. The summed E-state index contributed by atoms with van der Waals surface area (Å²) in [5.74, 6) is -0.230. The Balaban J connectivity index is 2.89. The molecule has 0 unspecified atom stereocenters. The number of aromatic hydroxyl groups is 1. The van der Waals surface area contributed by atoms with Gasteiger partial charge in [0.2, 0.25) is 5.75 Å². The Morgan fingerprint density at radius 1 is 1.57 bits per heavy atom. The fourth-order valence-corrected chi connectivity index (χ4v) is 2.33. The Hall–Kier alpha value is -1.62. The highest BCUT2D eigenvalue weighted by molar-refractivity contribution is 7.17. The molecule has 0 atom stereocenters. The van der Waals surface area contributed by atoms with Crippen LogP contribution < -0.4 is 0 Å². The van der Waals surface area contributed by atoms with Crippen molar-refractivity contribution < 1.29 is 10.0 Å². The van der Waals surface area contributed by atoms with Crippen LogP contribution in [0.25, 0.3) is 10.1 Å². The van der Waals surface area contributed by atoms with E-state index in [2.05, 4.69) is 0 Å². The van der Waals surface area contributed by atoms with Crippen molar-refractivity contribution in [1.29, 1.82) is 0 Å². The van der Waals surface area contributed by atoms with Gasteiger partial charge in [0.15, 0.2) is 0 Å². The number of hydrogen-bond donors (Lipinski definition) is 1. The van der Waals surface area contributed by atoms with Gasteiger partial charge in [0, 0.05) is 15.6 Å². The SMILES string of the molecule is Cc1cc2sccc2c(O)c1[N+](=O)[O-]. The molecule has 1 aromatic heterocycles. The summed E-state index contributed by atoms with van der Waals surface area (Å²) in [6.07, 6.45) is 0. The normalized spacial score (nSPS) is 10.6. The lowest BCUT2D eigenvalue weighted by Crippen LogP contribution is -1.91. The maximum atomic E-state index is 10.7. The standard InChI is InChI=1S/C9H7NO3S/c1-5-4-7-6(2-3-14-7)9(11)8(5)10(12)13/h2-4,11H,1H3. The van der Waals surface area contributed by atoms with E-state index >= 15 is 0 Å². The van der Waals surface area contributed by atoms with Crippen molar-refractivity contribution >= 4 is 27.1 Å². The van der Waals surface area contributed by atoms with Gasteiger partial charge in [-0.25, -0.2) is 0 Å². The summed E-state index contributed by atoms with van der Waals surface area (Å²) >= 11 is 1.45. The molecule has 0 spiro atoms. The second-order valence-electron chi connectivity index (χ2n) is 2.98. The molecule has 14 heavy (non-hydrogen) atoms. The molecule has 72 valence electrons. The van der Waals surface area contributed by atoms with Crippen LogP contribution in [0.3, 0.4) is 0 Å². The Morgan fingerprint density at radius 3 is 2.93 bits per heavy atom. The summed E-state index contributed by atoms with van der Waals surface area (Å²) in [7, 11) is 0. The Bertz CT molecular complexity index is 518. The van der Waals surface area contributed by atoms with E-state index in [1.165, 1.54) is 11.3 Å². The van der Waals surface area contributed by atoms with Gasteiger partial charge < -0.3 is 5.11 Å². The quantitative estimate of drug-likeness (QED) is 0.580. The number of benzene rings is 1. The van der Waals surface area contributed by atoms with Gasteiger partial charge in [-0.2, -0.15) is 0 Å². The molecule has 0 saturated carbocycles. The first kappa shape index (κ1) is 8.96. The Labute approximate surface area is 83.6 Å². The molecular formula is C9H7NO3S. The summed E-state index contributed by atoms with van der Waals surface area (Å²) < 4.78 is 0.866. The van der Waals surface area contributed by atoms with E-state index in [4.69, 9.17) is 0 Å². The molecule has 0 radical (unpaired) electrons. The second kappa shape index (κ2) is 2.95. The molecule has 0 fully saturated rings. The number of fused-ring (bicyclic) bond motifs is 1. The molecule has 0 aliphatic heterocycles. The highest BCUT2D eigenvalue weighted by Crippen LogP contribution is 2.39. The predicted octanol–water partition coefficient (Wildman–Crippen LogP) is 2.82. The number of nitro groups is 1. The van der Waals surface area contributed by atoms with E-state index in [1.54, 1.807) is 24.4 Å². The van der Waals surface area contributed by atoms with Crippen LogP contribution >= 0.6 is 11.3 Å². The molecule has 4 nitrogen and oxygen atoms in total. The van der Waals surface area contributed by atoms with E-state index in [-0.39, 0.29) is 11.4 Å². The minimum atomic E-state index is -0.554. The molecule has 0 bridgehead atoms. The fourth-order valence-electron chi connectivity index (χ4n) is 1.44. The van der Waals surface area contributed by atoms with Crippen molar-refractivity contribution in [2.24, 2.45) is 0 Å². The average molecular weight is 209 g/mol. The number of thiophene rings is 1. The number of phenols is 1. The summed E-state index contributed by atoms with van der Waals surface area (Å²) in [4.78, 5) is 10.1. The summed E-state index contributed by atoms with van der Waals surface area (Å²) in [5.41, 5.74) is 0.290. The zero-order valence-electron chi connectivity index (χ0n) is 7.35. The largest absolute Gasteiger partial charge is 0.502 e. The van der Waals surface area contributed by atoms with Crippen LogP contribution in [0.2, 0.25) is 0 Å². The first-order chi connectivity index (χ1) is 6.61. The van der Waals surface area contributed by atoms with Crippen LogP contribution in [-0.4, -0.2) is 10.0 Å². The fraction of sp³-hybridized carbons (Fsp3) is 0.111. The van der Waals surface area contributed by atoms with Crippen LogP contribution in [0.1, 0.15) is 5.56 Å². The summed E-state index contributed by atoms with van der Waals surface area (Å²) in [6.45, 7) is 1.62. The molecule has 5 heteroatoms. The Morgan fingerprint density at radius 2 is 2.29 bits per heavy atom. The van der Waals surface area contributed by atoms with Crippen molar-refractivity contribution in [3.05, 3.63) is 33.2 Å². The van der Waals surface area contributed by atoms with Crippen molar-refractivity contribution in [1.82, 2.24) is 0 Å². The van der Waals surface area contributed by atoms with Gasteiger partial charge in [-0.15, -0.1) is 11.3 Å². The maximum absolute atomic E-state index is 10.7. The van der Waals surface area contributed by atoms with Gasteiger partial charge in [-0.1, -0.05) is 0 Å². The first-order valence-corrected chi connectivity index (χ1v) is 4.83. The molecule has 0 saturated heterocycles. The molecule has 2 rings (SSSR count). The average Bonchev–Trinajstić information content (AvgIpc) is 2.50. The number of aryl methyl sites for hydroxylation is 1. The zero-order chi connectivity index (χ0) is 10.3. The monoisotopic (exact) mass is 209 g/mol. The minimum Gasteiger partial charge on any atom is -0.502 e. The van der Waals surface area contributed by atoms with Gasteiger partial charge in [0.05, 0.1) is 4.92 Å². The molecule has 0 amide bonds. The maximum Gasteiger partial charge on any atom is 0.314 e. The van der Waals surface area contributed by atoms with E-state index in [0.29, 0.717) is 10.9 Å². The van der Waals surface area contributed by atoms with Crippen LogP contribution in [0, 0.1) is 17.0 Å². The van der Waals surface area contributed by atoms with Gasteiger partial charge in [-0.05, 0) is 24.4 Å². The molecule has 0 aliphatic rings. The van der Waals surface area contributed by atoms with Gasteiger partial charge in [-0.3, -0.25) is 10.1 Å². The third kappa shape index (κ3) is 1.13. The number of rotatable bonds is 1. The number of phenolic OH excluding ortho intramolecular Hbond substituents is 1. The first-order valence-electron chi connectivity index (χ1n) is 3.95. The van der Waals surface area contributed by atoms with E-state index in [9.17, 15) is 15.2 Å². The summed E-state index contributed by atoms with van der Waals surface area (Å²) in [5, 5.41) is 22.7. The Kier molecular flexibility index (Phi) is 1.89. The van der Waals surface area contributed by atoms with Crippen LogP contribution in [0.15, 0.2) is 17.5 Å². The van der Waals surface area contributed by atoms with Crippen LogP contribution in [0.4, 0.5) is 5.69 Å². The molecule has 0 aliphatic carbocycles. The van der Waals surface area contributed by atoms with E-state index in [0.717, 1.165) is 4.70 Å².